The molecule has 2 fully saturated rings. The molecule has 0 bridgehead atoms. The van der Waals surface area contributed by atoms with Crippen molar-refractivity contribution in [2.45, 2.75) is 19.4 Å². The molecule has 2 saturated heterocycles. The molecular formula is C10H21N3O2S. The number of hydrogen-bond acceptors (Lipinski definition) is 4. The zero-order chi connectivity index (χ0) is 11.6. The molecule has 2 heterocycles. The number of nitrogens with one attached hydrogen (secondary N) is 1. The van der Waals surface area contributed by atoms with Crippen LogP contribution in [0.5, 0.6) is 0 Å². The fourth-order valence-electron chi connectivity index (χ4n) is 2.29. The van der Waals surface area contributed by atoms with E-state index in [4.69, 9.17) is 0 Å². The molecule has 0 atom stereocenters. The molecule has 94 valence electrons. The van der Waals surface area contributed by atoms with Crippen molar-refractivity contribution in [3.05, 3.63) is 0 Å². The molecule has 2 aliphatic rings. The smallest absolute Gasteiger partial charge is 0.213 e. The van der Waals surface area contributed by atoms with E-state index in [2.05, 4.69) is 10.2 Å². The van der Waals surface area contributed by atoms with Crippen LogP contribution in [0.3, 0.4) is 0 Å². The second kappa shape index (κ2) is 5.00. The molecule has 0 spiro atoms. The Labute approximate surface area is 97.8 Å². The third-order valence-corrected chi connectivity index (χ3v) is 5.29. The highest BCUT2D eigenvalue weighted by atomic mass is 32.2. The van der Waals surface area contributed by atoms with Crippen LogP contribution in [0.4, 0.5) is 0 Å². The van der Waals surface area contributed by atoms with Crippen molar-refractivity contribution in [2.75, 3.05) is 45.0 Å². The van der Waals surface area contributed by atoms with E-state index in [0.29, 0.717) is 19.1 Å². The molecule has 0 aromatic heterocycles. The SMILES string of the molecule is CCS(=O)(=O)N1CC(N2CCCNCC2)C1. The van der Waals surface area contributed by atoms with Gasteiger partial charge < -0.3 is 5.32 Å². The summed E-state index contributed by atoms with van der Waals surface area (Å²) in [5.41, 5.74) is 0. The lowest BCUT2D eigenvalue weighted by Crippen LogP contribution is -2.61. The van der Waals surface area contributed by atoms with Gasteiger partial charge in [-0.05, 0) is 26.4 Å². The van der Waals surface area contributed by atoms with E-state index in [-0.39, 0.29) is 5.75 Å². The summed E-state index contributed by atoms with van der Waals surface area (Å²) in [7, 11) is -2.95. The molecule has 1 N–H and O–H groups in total. The van der Waals surface area contributed by atoms with Crippen LogP contribution in [0.1, 0.15) is 13.3 Å². The van der Waals surface area contributed by atoms with Gasteiger partial charge in [0.15, 0.2) is 0 Å². The Morgan fingerprint density at radius 1 is 1.25 bits per heavy atom. The van der Waals surface area contributed by atoms with Crippen LogP contribution in [0.15, 0.2) is 0 Å². The number of hydrogen-bond donors (Lipinski definition) is 1. The van der Waals surface area contributed by atoms with Crippen LogP contribution in [0.25, 0.3) is 0 Å². The van der Waals surface area contributed by atoms with E-state index in [1.807, 2.05) is 0 Å². The monoisotopic (exact) mass is 247 g/mol. The third kappa shape index (κ3) is 2.56. The summed E-state index contributed by atoms with van der Waals surface area (Å²) < 4.78 is 24.8. The van der Waals surface area contributed by atoms with Gasteiger partial charge in [0.25, 0.3) is 0 Å². The van der Waals surface area contributed by atoms with Gasteiger partial charge in [0.1, 0.15) is 0 Å². The third-order valence-electron chi connectivity index (χ3n) is 3.48. The molecule has 2 rings (SSSR count). The first-order valence-electron chi connectivity index (χ1n) is 6.06. The molecule has 0 unspecified atom stereocenters. The van der Waals surface area contributed by atoms with Crippen LogP contribution >= 0.6 is 0 Å². The molecule has 0 aromatic carbocycles. The molecule has 0 saturated carbocycles. The topological polar surface area (TPSA) is 52.7 Å². The molecule has 0 radical (unpaired) electrons. The van der Waals surface area contributed by atoms with Crippen molar-refractivity contribution >= 4 is 10.0 Å². The van der Waals surface area contributed by atoms with Crippen molar-refractivity contribution in [1.29, 1.82) is 0 Å². The van der Waals surface area contributed by atoms with Gasteiger partial charge >= 0.3 is 0 Å². The number of sulfonamides is 1. The van der Waals surface area contributed by atoms with Gasteiger partial charge in [0.2, 0.25) is 10.0 Å². The Balaban J connectivity index is 1.83. The number of rotatable bonds is 3. The highest BCUT2D eigenvalue weighted by molar-refractivity contribution is 7.89. The Bertz CT molecular complexity index is 317. The van der Waals surface area contributed by atoms with Gasteiger partial charge in [0.05, 0.1) is 5.75 Å². The average molecular weight is 247 g/mol. The molecular weight excluding hydrogens is 226 g/mol. The summed E-state index contributed by atoms with van der Waals surface area (Å²) in [4.78, 5) is 2.42. The Morgan fingerprint density at radius 3 is 2.69 bits per heavy atom. The molecule has 2 aliphatic heterocycles. The van der Waals surface area contributed by atoms with Crippen LogP contribution in [-0.2, 0) is 10.0 Å². The summed E-state index contributed by atoms with van der Waals surface area (Å²) in [6.45, 7) is 7.34. The van der Waals surface area contributed by atoms with Crippen molar-refractivity contribution in [2.24, 2.45) is 0 Å². The normalized spacial score (nSPS) is 26.3. The van der Waals surface area contributed by atoms with E-state index in [1.165, 1.54) is 0 Å². The van der Waals surface area contributed by atoms with Gasteiger partial charge in [-0.1, -0.05) is 0 Å². The minimum atomic E-state index is -2.95. The summed E-state index contributed by atoms with van der Waals surface area (Å²) in [6, 6.07) is 0.446. The van der Waals surface area contributed by atoms with Crippen LogP contribution < -0.4 is 5.32 Å². The fourth-order valence-corrected chi connectivity index (χ4v) is 3.45. The van der Waals surface area contributed by atoms with E-state index in [0.717, 1.165) is 32.6 Å². The second-order valence-corrected chi connectivity index (χ2v) is 6.77. The van der Waals surface area contributed by atoms with Crippen LogP contribution in [0.2, 0.25) is 0 Å². The average Bonchev–Trinajstić information content (AvgIpc) is 2.44. The van der Waals surface area contributed by atoms with E-state index in [1.54, 1.807) is 11.2 Å². The lowest BCUT2D eigenvalue weighted by atomic mass is 10.1. The lowest BCUT2D eigenvalue weighted by molar-refractivity contribution is 0.0939. The van der Waals surface area contributed by atoms with E-state index in [9.17, 15) is 8.42 Å². The standard InChI is InChI=1S/C10H21N3O2S/c1-2-16(14,15)13-8-10(9-13)12-6-3-4-11-5-7-12/h10-11H,2-9H2,1H3. The molecule has 0 aliphatic carbocycles. The predicted octanol–water partition coefficient (Wildman–Crippen LogP) is -0.684. The van der Waals surface area contributed by atoms with Crippen molar-refractivity contribution in [1.82, 2.24) is 14.5 Å². The first-order chi connectivity index (χ1) is 7.63. The quantitative estimate of drug-likeness (QED) is 0.718. The van der Waals surface area contributed by atoms with Crippen LogP contribution in [-0.4, -0.2) is 68.7 Å². The Kier molecular flexibility index (Phi) is 3.84. The van der Waals surface area contributed by atoms with Gasteiger partial charge in [0, 0.05) is 32.2 Å². The highest BCUT2D eigenvalue weighted by Crippen LogP contribution is 2.19. The van der Waals surface area contributed by atoms with Crippen molar-refractivity contribution in [3.8, 4) is 0 Å². The highest BCUT2D eigenvalue weighted by Gasteiger charge is 2.37. The molecule has 0 aromatic rings. The van der Waals surface area contributed by atoms with Gasteiger partial charge in [-0.3, -0.25) is 4.90 Å². The first-order valence-corrected chi connectivity index (χ1v) is 7.67. The molecule has 16 heavy (non-hydrogen) atoms. The minimum absolute atomic E-state index is 0.223. The Hall–Kier alpha value is -0.170. The van der Waals surface area contributed by atoms with E-state index < -0.39 is 10.0 Å². The second-order valence-electron chi connectivity index (χ2n) is 4.51. The maximum absolute atomic E-state index is 11.6. The maximum atomic E-state index is 11.6. The van der Waals surface area contributed by atoms with Crippen molar-refractivity contribution < 1.29 is 8.42 Å². The van der Waals surface area contributed by atoms with Crippen molar-refractivity contribution in [3.63, 3.8) is 0 Å². The maximum Gasteiger partial charge on any atom is 0.213 e. The Morgan fingerprint density at radius 2 is 2.00 bits per heavy atom. The van der Waals surface area contributed by atoms with Gasteiger partial charge in [-0.25, -0.2) is 8.42 Å². The zero-order valence-electron chi connectivity index (χ0n) is 9.85. The summed E-state index contributed by atoms with van der Waals surface area (Å²) in [6.07, 6.45) is 1.16. The molecule has 0 amide bonds. The minimum Gasteiger partial charge on any atom is -0.315 e. The fraction of sp³-hybridized carbons (Fsp3) is 1.00. The van der Waals surface area contributed by atoms with E-state index >= 15 is 0 Å². The summed E-state index contributed by atoms with van der Waals surface area (Å²) >= 11 is 0. The van der Waals surface area contributed by atoms with Gasteiger partial charge in [-0.15, -0.1) is 0 Å². The van der Waals surface area contributed by atoms with Crippen LogP contribution in [0, 0.1) is 0 Å². The lowest BCUT2D eigenvalue weighted by Gasteiger charge is -2.44. The number of nitrogens with zero attached hydrogens (tertiary/aromatic N) is 2. The predicted molar refractivity (Wildman–Crippen MR) is 63.9 cm³/mol. The summed E-state index contributed by atoms with van der Waals surface area (Å²) in [5, 5.41) is 3.36. The molecule has 6 heteroatoms. The largest absolute Gasteiger partial charge is 0.315 e. The summed E-state index contributed by atoms with van der Waals surface area (Å²) in [5.74, 6) is 0.223. The first kappa shape index (κ1) is 12.3. The molecule has 5 nitrogen and oxygen atoms in total. The zero-order valence-corrected chi connectivity index (χ0v) is 10.7. The van der Waals surface area contributed by atoms with Gasteiger partial charge in [-0.2, -0.15) is 4.31 Å².